The van der Waals surface area contributed by atoms with Crippen LogP contribution in [0.1, 0.15) is 40.9 Å². The zero-order valence-electron chi connectivity index (χ0n) is 25.6. The number of rotatable bonds is 11. The largest absolute Gasteiger partial charge is 0.465 e. The number of nitrogens with two attached hydrogens (primary N) is 1. The van der Waals surface area contributed by atoms with Gasteiger partial charge in [0.2, 0.25) is 5.91 Å². The molecule has 4 aromatic rings. The lowest BCUT2D eigenvalue weighted by Gasteiger charge is -2.17. The summed E-state index contributed by atoms with van der Waals surface area (Å²) >= 11 is 0. The fourth-order valence-corrected chi connectivity index (χ4v) is 4.41. The first-order valence-electron chi connectivity index (χ1n) is 14.3. The van der Waals surface area contributed by atoms with Crippen LogP contribution in [-0.2, 0) is 34.0 Å². The Kier molecular flexibility index (Phi) is 10.8. The highest BCUT2D eigenvalue weighted by Gasteiger charge is 2.18. The van der Waals surface area contributed by atoms with Crippen LogP contribution in [0.2, 0.25) is 0 Å². The number of methoxy groups -OCH3 is 1. The van der Waals surface area contributed by atoms with Gasteiger partial charge in [0, 0.05) is 29.4 Å². The predicted octanol–water partition coefficient (Wildman–Crippen LogP) is 3.67. The van der Waals surface area contributed by atoms with Crippen molar-refractivity contribution in [1.29, 1.82) is 5.41 Å². The molecule has 0 unspecified atom stereocenters. The second-order valence-corrected chi connectivity index (χ2v) is 10.6. The zero-order valence-corrected chi connectivity index (χ0v) is 25.6. The van der Waals surface area contributed by atoms with Gasteiger partial charge in [-0.05, 0) is 43.2 Å². The second-order valence-electron chi connectivity index (χ2n) is 10.6. The third-order valence-electron chi connectivity index (χ3n) is 6.63. The summed E-state index contributed by atoms with van der Waals surface area (Å²) in [4.78, 5) is 55.1. The van der Waals surface area contributed by atoms with Crippen LogP contribution in [0.3, 0.4) is 0 Å². The van der Waals surface area contributed by atoms with E-state index in [4.69, 9.17) is 20.6 Å². The third kappa shape index (κ3) is 8.78. The summed E-state index contributed by atoms with van der Waals surface area (Å²) in [5.74, 6) is -1.13. The molecule has 0 aliphatic rings. The average Bonchev–Trinajstić information content (AvgIpc) is 3.04. The molecule has 2 amide bonds. The number of nitrogens with one attached hydrogen (secondary N) is 4. The van der Waals surface area contributed by atoms with E-state index in [-0.39, 0.29) is 54.3 Å². The number of alkyl carbamates (subject to hydrolysis) is 1. The minimum Gasteiger partial charge on any atom is -0.465 e. The number of amides is 2. The number of esters is 1. The summed E-state index contributed by atoms with van der Waals surface area (Å²) in [6.07, 6.45) is 0.691. The minimum atomic E-state index is -0.748. The van der Waals surface area contributed by atoms with Crippen LogP contribution < -0.4 is 27.2 Å². The first-order valence-corrected chi connectivity index (χ1v) is 14.3. The van der Waals surface area contributed by atoms with E-state index < -0.39 is 23.5 Å². The lowest BCUT2D eigenvalue weighted by molar-refractivity contribution is -0.121. The highest BCUT2D eigenvalue weighted by Crippen LogP contribution is 2.24. The van der Waals surface area contributed by atoms with Crippen LogP contribution in [0.15, 0.2) is 83.8 Å². The molecule has 0 saturated heterocycles. The molecule has 0 radical (unpaired) electrons. The molecule has 1 heterocycles. The van der Waals surface area contributed by atoms with Crippen LogP contribution in [0.4, 0.5) is 16.3 Å². The fourth-order valence-electron chi connectivity index (χ4n) is 4.41. The first-order chi connectivity index (χ1) is 22.0. The number of anilines is 2. The van der Waals surface area contributed by atoms with E-state index in [1.54, 1.807) is 30.3 Å². The van der Waals surface area contributed by atoms with Crippen LogP contribution in [0, 0.1) is 5.41 Å². The van der Waals surface area contributed by atoms with E-state index >= 15 is 0 Å². The van der Waals surface area contributed by atoms with Crippen LogP contribution in [0.5, 0.6) is 0 Å². The lowest BCUT2D eigenvalue weighted by atomic mass is 10.1. The molecule has 46 heavy (non-hydrogen) atoms. The molecule has 0 aliphatic heterocycles. The summed E-state index contributed by atoms with van der Waals surface area (Å²) in [6, 6.07) is 20.3. The Morgan fingerprint density at radius 3 is 2.37 bits per heavy atom. The van der Waals surface area contributed by atoms with Gasteiger partial charge < -0.3 is 25.8 Å². The maximum atomic E-state index is 13.4. The average molecular weight is 626 g/mol. The fraction of sp³-hybridized carbons (Fsp3) is 0.212. The van der Waals surface area contributed by atoms with Gasteiger partial charge in [-0.1, -0.05) is 54.6 Å². The molecular formula is C33H35N7O6. The van der Waals surface area contributed by atoms with E-state index in [1.165, 1.54) is 30.0 Å². The van der Waals surface area contributed by atoms with E-state index in [0.717, 1.165) is 11.1 Å². The molecule has 0 saturated carbocycles. The van der Waals surface area contributed by atoms with Crippen molar-refractivity contribution < 1.29 is 23.9 Å². The van der Waals surface area contributed by atoms with Gasteiger partial charge in [-0.2, -0.15) is 0 Å². The molecule has 3 aromatic carbocycles. The van der Waals surface area contributed by atoms with E-state index in [9.17, 15) is 19.2 Å². The first kappa shape index (κ1) is 32.9. The Morgan fingerprint density at radius 2 is 1.70 bits per heavy atom. The Balaban J connectivity index is 1.43. The Labute approximate surface area is 265 Å². The van der Waals surface area contributed by atoms with Crippen LogP contribution in [0.25, 0.3) is 11.3 Å². The predicted molar refractivity (Wildman–Crippen MR) is 173 cm³/mol. The minimum absolute atomic E-state index is 0.0687. The number of hydrogen-bond acceptors (Lipinski definition) is 10. The standard InChI is InChI=1S/C33H35N7O6/c1-20(2)38-30-31(42)40(27(17-37-30)24-13-25(32(43)45-3)15-26(34)14-24)18-28(41)36-16-21-9-11-23(12-10-21)29(35)39-33(44)46-19-22-7-5-4-6-8-22/h4-15,17,20H,16,18-19,34H2,1-3H3,(H,36,41)(H,37,38)(H2,35,39,44). The van der Waals surface area contributed by atoms with Gasteiger partial charge in [0.25, 0.3) is 5.56 Å². The summed E-state index contributed by atoms with van der Waals surface area (Å²) in [5.41, 5.74) is 8.63. The topological polar surface area (TPSA) is 191 Å². The molecule has 0 spiro atoms. The molecule has 0 fully saturated rings. The molecule has 1 aromatic heterocycles. The Bertz CT molecular complexity index is 1790. The van der Waals surface area contributed by atoms with Gasteiger partial charge in [-0.15, -0.1) is 0 Å². The maximum absolute atomic E-state index is 13.4. The summed E-state index contributed by atoms with van der Waals surface area (Å²) in [5, 5.41) is 16.4. The van der Waals surface area contributed by atoms with Crippen molar-refractivity contribution in [3.8, 4) is 11.3 Å². The van der Waals surface area contributed by atoms with E-state index in [1.807, 2.05) is 44.2 Å². The van der Waals surface area contributed by atoms with Crippen LogP contribution >= 0.6 is 0 Å². The number of carbonyl (C=O) groups excluding carboxylic acids is 3. The van der Waals surface area contributed by atoms with Crippen LogP contribution in [-0.4, -0.2) is 46.5 Å². The van der Waals surface area contributed by atoms with Crippen molar-refractivity contribution in [2.24, 2.45) is 0 Å². The van der Waals surface area contributed by atoms with Gasteiger partial charge >= 0.3 is 12.1 Å². The van der Waals surface area contributed by atoms with Gasteiger partial charge in [0.15, 0.2) is 5.82 Å². The van der Waals surface area contributed by atoms with Gasteiger partial charge in [0.1, 0.15) is 19.0 Å². The highest BCUT2D eigenvalue weighted by molar-refractivity contribution is 6.04. The number of carbonyl (C=O) groups is 3. The lowest BCUT2D eigenvalue weighted by Crippen LogP contribution is -2.35. The Hall–Kier alpha value is -5.98. The molecule has 6 N–H and O–H groups in total. The van der Waals surface area contributed by atoms with Gasteiger partial charge in [0.05, 0.1) is 24.6 Å². The van der Waals surface area contributed by atoms with Crippen molar-refractivity contribution >= 4 is 35.3 Å². The molecule has 13 nitrogen and oxygen atoms in total. The third-order valence-corrected chi connectivity index (χ3v) is 6.63. The maximum Gasteiger partial charge on any atom is 0.413 e. The van der Waals surface area contributed by atoms with Crippen molar-refractivity contribution in [2.45, 2.75) is 39.6 Å². The van der Waals surface area contributed by atoms with Gasteiger partial charge in [-0.25, -0.2) is 14.6 Å². The number of ether oxygens (including phenoxy) is 2. The molecule has 13 heteroatoms. The zero-order chi connectivity index (χ0) is 33.2. The number of amidine groups is 1. The molecule has 4 rings (SSSR count). The SMILES string of the molecule is COC(=O)c1cc(N)cc(-c2cnc(NC(C)C)c(=O)n2CC(=O)NCc2ccc(C(=N)NC(=O)OCc3ccccc3)cc2)c1. The smallest absolute Gasteiger partial charge is 0.413 e. The van der Waals surface area contributed by atoms with Crippen molar-refractivity contribution in [3.63, 3.8) is 0 Å². The molecular weight excluding hydrogens is 590 g/mol. The summed E-state index contributed by atoms with van der Waals surface area (Å²) in [7, 11) is 1.25. The highest BCUT2D eigenvalue weighted by atomic mass is 16.5. The summed E-state index contributed by atoms with van der Waals surface area (Å²) in [6.45, 7) is 3.58. The number of nitrogens with zero attached hydrogens (tertiary/aromatic N) is 2. The van der Waals surface area contributed by atoms with Gasteiger partial charge in [-0.3, -0.25) is 24.9 Å². The number of benzene rings is 3. The number of hydrogen-bond donors (Lipinski definition) is 5. The summed E-state index contributed by atoms with van der Waals surface area (Å²) < 4.78 is 11.2. The van der Waals surface area contributed by atoms with E-state index in [0.29, 0.717) is 11.1 Å². The van der Waals surface area contributed by atoms with Crippen molar-refractivity contribution in [1.82, 2.24) is 20.2 Å². The Morgan fingerprint density at radius 1 is 0.978 bits per heavy atom. The quantitative estimate of drug-likeness (QED) is 0.0716. The molecule has 0 bridgehead atoms. The number of aromatic nitrogens is 2. The monoisotopic (exact) mass is 625 g/mol. The molecule has 238 valence electrons. The molecule has 0 atom stereocenters. The normalized spacial score (nSPS) is 10.6. The number of nitrogen functional groups attached to an aromatic ring is 1. The van der Waals surface area contributed by atoms with E-state index in [2.05, 4.69) is 20.9 Å². The second kappa shape index (κ2) is 15.1. The van der Waals surface area contributed by atoms with Crippen molar-refractivity contribution in [3.05, 3.63) is 112 Å². The van der Waals surface area contributed by atoms with Crippen molar-refractivity contribution in [2.75, 3.05) is 18.2 Å². The molecule has 0 aliphatic carbocycles.